The average Bonchev–Trinajstić information content (AvgIpc) is 2.92. The third-order valence-electron chi connectivity index (χ3n) is 7.66. The van der Waals surface area contributed by atoms with E-state index in [1.807, 2.05) is 6.07 Å². The second-order valence-electron chi connectivity index (χ2n) is 10.5. The number of methoxy groups -OCH3 is 2. The minimum absolute atomic E-state index is 0.0474. The Morgan fingerprint density at radius 1 is 0.842 bits per heavy atom. The van der Waals surface area contributed by atoms with Crippen LogP contribution in [0.2, 0.25) is 0 Å². The molecule has 0 amide bonds. The molecule has 0 unspecified atom stereocenters. The Bertz CT molecular complexity index is 1120. The molecular formula is C30H42N2O6. The van der Waals surface area contributed by atoms with E-state index in [4.69, 9.17) is 9.47 Å². The summed E-state index contributed by atoms with van der Waals surface area (Å²) in [7, 11) is 3.01. The fourth-order valence-electron chi connectivity index (χ4n) is 4.83. The molecule has 8 heteroatoms. The summed E-state index contributed by atoms with van der Waals surface area (Å²) in [6.07, 6.45) is 1.35. The number of phenolic OH excluding ortho intramolecular Hbond substituents is 2. The molecule has 0 radical (unpaired) electrons. The average molecular weight is 527 g/mol. The highest BCUT2D eigenvalue weighted by Gasteiger charge is 2.34. The van der Waals surface area contributed by atoms with Gasteiger partial charge in [0.2, 0.25) is 0 Å². The molecule has 0 saturated carbocycles. The third-order valence-corrected chi connectivity index (χ3v) is 7.66. The summed E-state index contributed by atoms with van der Waals surface area (Å²) >= 11 is 0. The minimum atomic E-state index is -1.11. The normalized spacial score (nSPS) is 14.9. The van der Waals surface area contributed by atoms with Crippen molar-refractivity contribution in [2.24, 2.45) is 5.41 Å². The number of hydrogen-bond acceptors (Lipinski definition) is 8. The molecule has 1 fully saturated rings. The number of carbonyl (C=O) groups excluding carboxylic acids is 2. The van der Waals surface area contributed by atoms with Crippen LogP contribution in [-0.2, 0) is 29.0 Å². The molecule has 0 aliphatic carbocycles. The van der Waals surface area contributed by atoms with Gasteiger partial charge in [-0.2, -0.15) is 0 Å². The largest absolute Gasteiger partial charge is 0.504 e. The van der Waals surface area contributed by atoms with Crippen molar-refractivity contribution < 1.29 is 29.3 Å². The van der Waals surface area contributed by atoms with E-state index in [0.29, 0.717) is 30.9 Å². The molecular weight excluding hydrogens is 484 g/mol. The Morgan fingerprint density at radius 2 is 1.39 bits per heavy atom. The molecule has 1 saturated heterocycles. The zero-order valence-electron chi connectivity index (χ0n) is 23.4. The van der Waals surface area contributed by atoms with Crippen LogP contribution in [0.1, 0.15) is 50.3 Å². The first-order valence-corrected chi connectivity index (χ1v) is 13.3. The zero-order valence-corrected chi connectivity index (χ0v) is 23.4. The molecule has 38 heavy (non-hydrogen) atoms. The quantitative estimate of drug-likeness (QED) is 0.378. The van der Waals surface area contributed by atoms with Crippen LogP contribution in [0.3, 0.4) is 0 Å². The number of piperazine rings is 1. The number of carbonyl (C=O) groups is 2. The summed E-state index contributed by atoms with van der Waals surface area (Å²) in [5, 5.41) is 20.5. The molecule has 8 nitrogen and oxygen atoms in total. The van der Waals surface area contributed by atoms with Gasteiger partial charge in [0.1, 0.15) is 11.6 Å². The number of ketones is 2. The van der Waals surface area contributed by atoms with Crippen molar-refractivity contribution in [2.75, 3.05) is 46.9 Å². The topological polar surface area (TPSA) is 99.5 Å². The number of rotatable bonds is 13. The number of aromatic hydroxyl groups is 2. The molecule has 1 heterocycles. The van der Waals surface area contributed by atoms with Crippen LogP contribution in [0.5, 0.6) is 23.0 Å². The van der Waals surface area contributed by atoms with E-state index in [2.05, 4.69) is 16.7 Å². The number of hydrogen-bond donors (Lipinski definition) is 2. The summed E-state index contributed by atoms with van der Waals surface area (Å²) in [6, 6.07) is 8.72. The van der Waals surface area contributed by atoms with Gasteiger partial charge < -0.3 is 24.6 Å². The van der Waals surface area contributed by atoms with Gasteiger partial charge in [0, 0.05) is 51.1 Å². The van der Waals surface area contributed by atoms with Crippen LogP contribution in [0.4, 0.5) is 0 Å². The highest BCUT2D eigenvalue weighted by molar-refractivity contribution is 6.06. The Morgan fingerprint density at radius 3 is 1.97 bits per heavy atom. The Labute approximate surface area is 226 Å². The first-order chi connectivity index (χ1) is 18.1. The van der Waals surface area contributed by atoms with Crippen molar-refractivity contribution in [1.82, 2.24) is 9.80 Å². The van der Waals surface area contributed by atoms with Crippen molar-refractivity contribution in [2.45, 2.75) is 53.0 Å². The van der Waals surface area contributed by atoms with E-state index in [1.165, 1.54) is 14.2 Å². The van der Waals surface area contributed by atoms with Gasteiger partial charge in [0.25, 0.3) is 0 Å². The number of nitrogens with zero attached hydrogens (tertiary/aromatic N) is 2. The fourth-order valence-corrected chi connectivity index (χ4v) is 4.83. The van der Waals surface area contributed by atoms with Gasteiger partial charge >= 0.3 is 0 Å². The maximum Gasteiger partial charge on any atom is 0.162 e. The highest BCUT2D eigenvalue weighted by Crippen LogP contribution is 2.34. The Hall–Kier alpha value is -3.10. The van der Waals surface area contributed by atoms with Crippen molar-refractivity contribution >= 4 is 11.6 Å². The molecule has 0 atom stereocenters. The maximum absolute atomic E-state index is 13.2. The lowest BCUT2D eigenvalue weighted by atomic mass is 9.79. The molecule has 1 aliphatic heterocycles. The smallest absolute Gasteiger partial charge is 0.162 e. The van der Waals surface area contributed by atoms with Crippen LogP contribution >= 0.6 is 0 Å². The van der Waals surface area contributed by atoms with E-state index < -0.39 is 5.41 Å². The molecule has 1 aliphatic rings. The van der Waals surface area contributed by atoms with Gasteiger partial charge in [-0.3, -0.25) is 14.5 Å². The fraction of sp³-hybridized carbons (Fsp3) is 0.533. The molecule has 3 rings (SSSR count). The lowest BCUT2D eigenvalue weighted by Crippen LogP contribution is -2.45. The summed E-state index contributed by atoms with van der Waals surface area (Å²) in [5.41, 5.74) is 1.44. The van der Waals surface area contributed by atoms with Crippen LogP contribution in [0.15, 0.2) is 30.3 Å². The molecule has 2 N–H and O–H groups in total. The monoisotopic (exact) mass is 526 g/mol. The van der Waals surface area contributed by atoms with E-state index in [1.54, 1.807) is 38.1 Å². The maximum atomic E-state index is 13.2. The molecule has 0 bridgehead atoms. The number of aryl methyl sites for hydroxylation is 2. The lowest BCUT2D eigenvalue weighted by Gasteiger charge is -2.34. The third kappa shape index (κ3) is 7.26. The number of Topliss-reactive ketones (excluding diaryl/α,β-unsaturated/α-hetero) is 2. The van der Waals surface area contributed by atoms with Gasteiger partial charge in [0.15, 0.2) is 23.0 Å². The van der Waals surface area contributed by atoms with Gasteiger partial charge in [-0.1, -0.05) is 19.1 Å². The summed E-state index contributed by atoms with van der Waals surface area (Å²) in [6.45, 7) is 11.1. The van der Waals surface area contributed by atoms with Gasteiger partial charge in [-0.15, -0.1) is 0 Å². The van der Waals surface area contributed by atoms with E-state index in [0.717, 1.165) is 49.4 Å². The SMILES string of the molecule is CCN1CCN(Cc2cc(CCC(=O)C(C)(C)C(=O)CCc3ccc(O)c(OC)c3)cc(OC)c2O)CC1. The molecule has 208 valence electrons. The number of ether oxygens (including phenoxy) is 2. The predicted molar refractivity (Wildman–Crippen MR) is 147 cm³/mol. The van der Waals surface area contributed by atoms with Gasteiger partial charge in [-0.05, 0) is 62.6 Å². The standard InChI is InChI=1S/C30H42N2O6/c1-6-31-13-15-32(16-14-31)20-23-17-22(19-26(38-5)29(23)36)9-12-28(35)30(2,3)27(34)11-8-21-7-10-24(33)25(18-21)37-4/h7,10,17-19,33,36H,6,8-9,11-16,20H2,1-5H3. The van der Waals surface area contributed by atoms with Crippen molar-refractivity contribution in [3.8, 4) is 23.0 Å². The van der Waals surface area contributed by atoms with E-state index in [-0.39, 0.29) is 35.9 Å². The van der Waals surface area contributed by atoms with Crippen molar-refractivity contribution in [3.05, 3.63) is 47.0 Å². The Balaban J connectivity index is 1.61. The zero-order chi connectivity index (χ0) is 27.9. The predicted octanol–water partition coefficient (Wildman–Crippen LogP) is 3.98. The molecule has 0 spiro atoms. The highest BCUT2D eigenvalue weighted by atomic mass is 16.5. The first-order valence-electron chi connectivity index (χ1n) is 13.3. The molecule has 0 aromatic heterocycles. The van der Waals surface area contributed by atoms with Crippen LogP contribution in [-0.4, -0.2) is 78.5 Å². The van der Waals surface area contributed by atoms with Crippen molar-refractivity contribution in [3.63, 3.8) is 0 Å². The number of benzene rings is 2. The number of likely N-dealkylation sites (N-methyl/N-ethyl adjacent to an activating group) is 1. The summed E-state index contributed by atoms with van der Waals surface area (Å²) in [5.74, 6) is 0.710. The second kappa shape index (κ2) is 13.1. The second-order valence-corrected chi connectivity index (χ2v) is 10.5. The van der Waals surface area contributed by atoms with Crippen LogP contribution < -0.4 is 9.47 Å². The minimum Gasteiger partial charge on any atom is -0.504 e. The van der Waals surface area contributed by atoms with E-state index in [9.17, 15) is 19.8 Å². The van der Waals surface area contributed by atoms with Crippen LogP contribution in [0, 0.1) is 5.41 Å². The molecule has 2 aromatic carbocycles. The van der Waals surface area contributed by atoms with E-state index >= 15 is 0 Å². The van der Waals surface area contributed by atoms with Gasteiger partial charge in [0.05, 0.1) is 19.6 Å². The first kappa shape index (κ1) is 29.5. The molecule has 2 aromatic rings. The van der Waals surface area contributed by atoms with Gasteiger partial charge in [-0.25, -0.2) is 0 Å². The lowest BCUT2D eigenvalue weighted by molar-refractivity contribution is -0.138. The van der Waals surface area contributed by atoms with Crippen molar-refractivity contribution in [1.29, 1.82) is 0 Å². The summed E-state index contributed by atoms with van der Waals surface area (Å²) in [4.78, 5) is 30.9. The number of phenols is 2. The van der Waals surface area contributed by atoms with Crippen LogP contribution in [0.25, 0.3) is 0 Å². The summed E-state index contributed by atoms with van der Waals surface area (Å²) < 4.78 is 10.6. The Kier molecular flexibility index (Phi) is 10.2.